The van der Waals surface area contributed by atoms with E-state index >= 15 is 0 Å². The minimum atomic E-state index is 0.435. The number of nitriles is 4. The Hall–Kier alpha value is -3.60. The maximum atomic E-state index is 8.45. The van der Waals surface area contributed by atoms with E-state index in [0.29, 0.717) is 22.3 Å². The summed E-state index contributed by atoms with van der Waals surface area (Å²) in [6, 6.07) is 21.1. The molecule has 0 aliphatic rings. The standard InChI is InChI=1S/2C8H4N2/c2*9-5-7-3-1-2-4-8(7)6-10/h2*1-4H. The Balaban J connectivity index is 0.000000200. The van der Waals surface area contributed by atoms with Crippen molar-refractivity contribution in [3.63, 3.8) is 0 Å². The van der Waals surface area contributed by atoms with E-state index in [0.717, 1.165) is 0 Å². The lowest BCUT2D eigenvalue weighted by molar-refractivity contribution is 1.43. The molecular weight excluding hydrogens is 248 g/mol. The molecule has 0 aromatic heterocycles. The molecule has 0 atom stereocenters. The molecule has 0 aliphatic carbocycles. The van der Waals surface area contributed by atoms with Gasteiger partial charge in [-0.3, -0.25) is 0 Å². The number of hydrogen-bond acceptors (Lipinski definition) is 4. The highest BCUT2D eigenvalue weighted by Gasteiger charge is 1.96. The van der Waals surface area contributed by atoms with Crippen LogP contribution in [0.5, 0.6) is 0 Å². The highest BCUT2D eigenvalue weighted by atomic mass is 14.3. The summed E-state index contributed by atoms with van der Waals surface area (Å²) in [5, 5.41) is 33.8. The van der Waals surface area contributed by atoms with Crippen LogP contribution >= 0.6 is 0 Å². The smallest absolute Gasteiger partial charge is 0.101 e. The second kappa shape index (κ2) is 7.67. The molecule has 0 spiro atoms. The van der Waals surface area contributed by atoms with Crippen molar-refractivity contribution >= 4 is 0 Å². The molecule has 2 rings (SSSR count). The zero-order chi connectivity index (χ0) is 14.8. The van der Waals surface area contributed by atoms with Crippen molar-refractivity contribution in [1.82, 2.24) is 0 Å². The Kier molecular flexibility index (Phi) is 5.55. The summed E-state index contributed by atoms with van der Waals surface area (Å²) >= 11 is 0. The Morgan fingerprint density at radius 1 is 0.450 bits per heavy atom. The first kappa shape index (κ1) is 14.5. The van der Waals surface area contributed by atoms with Crippen LogP contribution in [-0.2, 0) is 0 Å². The van der Waals surface area contributed by atoms with Gasteiger partial charge in [-0.05, 0) is 24.3 Å². The zero-order valence-electron chi connectivity index (χ0n) is 10.4. The van der Waals surface area contributed by atoms with Crippen LogP contribution in [0.1, 0.15) is 22.3 Å². The van der Waals surface area contributed by atoms with Crippen LogP contribution in [-0.4, -0.2) is 0 Å². The van der Waals surface area contributed by atoms with Gasteiger partial charge in [-0.2, -0.15) is 21.0 Å². The fourth-order valence-electron chi connectivity index (χ4n) is 1.36. The summed E-state index contributed by atoms with van der Waals surface area (Å²) in [6.45, 7) is 0. The van der Waals surface area contributed by atoms with Crippen LogP contribution in [0.3, 0.4) is 0 Å². The third-order valence-corrected chi connectivity index (χ3v) is 2.34. The Labute approximate surface area is 117 Å². The molecule has 0 amide bonds. The van der Waals surface area contributed by atoms with E-state index in [1.54, 1.807) is 48.5 Å². The monoisotopic (exact) mass is 256 g/mol. The molecule has 4 nitrogen and oxygen atoms in total. The minimum absolute atomic E-state index is 0.435. The molecule has 20 heavy (non-hydrogen) atoms. The molecule has 0 saturated carbocycles. The average molecular weight is 256 g/mol. The van der Waals surface area contributed by atoms with Crippen LogP contribution in [0.4, 0.5) is 0 Å². The first-order valence-electron chi connectivity index (χ1n) is 5.55. The summed E-state index contributed by atoms with van der Waals surface area (Å²) in [4.78, 5) is 0. The first-order valence-corrected chi connectivity index (χ1v) is 5.55. The SMILES string of the molecule is N#Cc1ccccc1C#N.N#Cc1ccccc1C#N. The normalized spacial score (nSPS) is 7.80. The van der Waals surface area contributed by atoms with Gasteiger partial charge in [-0.1, -0.05) is 24.3 Å². The van der Waals surface area contributed by atoms with E-state index < -0.39 is 0 Å². The molecule has 0 bridgehead atoms. The van der Waals surface area contributed by atoms with Crippen molar-refractivity contribution in [3.05, 3.63) is 70.8 Å². The van der Waals surface area contributed by atoms with Gasteiger partial charge in [0.2, 0.25) is 0 Å². The largest absolute Gasteiger partial charge is 0.192 e. The minimum Gasteiger partial charge on any atom is -0.192 e. The highest BCUT2D eigenvalue weighted by molar-refractivity contribution is 5.45. The van der Waals surface area contributed by atoms with E-state index in [1.807, 2.05) is 24.3 Å². The molecule has 2 aromatic rings. The van der Waals surface area contributed by atoms with Crippen molar-refractivity contribution in [3.8, 4) is 24.3 Å². The van der Waals surface area contributed by atoms with Crippen molar-refractivity contribution < 1.29 is 0 Å². The number of hydrogen-bond donors (Lipinski definition) is 0. The third-order valence-electron chi connectivity index (χ3n) is 2.34. The van der Waals surface area contributed by atoms with Crippen LogP contribution in [0.15, 0.2) is 48.5 Å². The fraction of sp³-hybridized carbons (Fsp3) is 0. The van der Waals surface area contributed by atoms with Crippen molar-refractivity contribution in [2.24, 2.45) is 0 Å². The van der Waals surface area contributed by atoms with Crippen LogP contribution in [0.2, 0.25) is 0 Å². The van der Waals surface area contributed by atoms with Crippen LogP contribution in [0, 0.1) is 45.3 Å². The quantitative estimate of drug-likeness (QED) is 0.724. The summed E-state index contributed by atoms with van der Waals surface area (Å²) in [7, 11) is 0. The molecule has 0 heterocycles. The summed E-state index contributed by atoms with van der Waals surface area (Å²) in [5.74, 6) is 0. The van der Waals surface area contributed by atoms with Gasteiger partial charge in [-0.15, -0.1) is 0 Å². The van der Waals surface area contributed by atoms with E-state index in [-0.39, 0.29) is 0 Å². The molecule has 0 N–H and O–H groups in total. The predicted octanol–water partition coefficient (Wildman–Crippen LogP) is 2.86. The third kappa shape index (κ3) is 3.71. The lowest BCUT2D eigenvalue weighted by atomic mass is 10.1. The van der Waals surface area contributed by atoms with Gasteiger partial charge in [0.05, 0.1) is 22.3 Å². The number of benzene rings is 2. The molecular formula is C16H8N4. The molecule has 4 heteroatoms. The lowest BCUT2D eigenvalue weighted by Gasteiger charge is -1.88. The van der Waals surface area contributed by atoms with Gasteiger partial charge < -0.3 is 0 Å². The van der Waals surface area contributed by atoms with Crippen LogP contribution < -0.4 is 0 Å². The van der Waals surface area contributed by atoms with E-state index in [2.05, 4.69) is 0 Å². The molecule has 0 saturated heterocycles. The molecule has 0 fully saturated rings. The predicted molar refractivity (Wildman–Crippen MR) is 71.7 cm³/mol. The van der Waals surface area contributed by atoms with Gasteiger partial charge in [0.25, 0.3) is 0 Å². The average Bonchev–Trinajstić information content (AvgIpc) is 2.55. The van der Waals surface area contributed by atoms with Gasteiger partial charge in [0.15, 0.2) is 0 Å². The Morgan fingerprint density at radius 3 is 0.800 bits per heavy atom. The van der Waals surface area contributed by atoms with E-state index in [1.165, 1.54) is 0 Å². The maximum absolute atomic E-state index is 8.45. The molecule has 2 aromatic carbocycles. The first-order chi connectivity index (χ1) is 9.76. The van der Waals surface area contributed by atoms with Crippen molar-refractivity contribution in [1.29, 1.82) is 21.0 Å². The van der Waals surface area contributed by atoms with E-state index in [9.17, 15) is 0 Å². The Bertz CT molecular complexity index is 631. The highest BCUT2D eigenvalue weighted by Crippen LogP contribution is 2.04. The second-order valence-corrected chi connectivity index (χ2v) is 3.54. The lowest BCUT2D eigenvalue weighted by Crippen LogP contribution is -1.79. The molecule has 92 valence electrons. The number of nitrogens with zero attached hydrogens (tertiary/aromatic N) is 4. The van der Waals surface area contributed by atoms with Gasteiger partial charge in [0, 0.05) is 0 Å². The molecule has 0 aliphatic heterocycles. The molecule has 0 radical (unpaired) electrons. The fourth-order valence-corrected chi connectivity index (χ4v) is 1.36. The van der Waals surface area contributed by atoms with Gasteiger partial charge in [-0.25, -0.2) is 0 Å². The number of rotatable bonds is 0. The van der Waals surface area contributed by atoms with Crippen molar-refractivity contribution in [2.45, 2.75) is 0 Å². The topological polar surface area (TPSA) is 95.2 Å². The summed E-state index contributed by atoms with van der Waals surface area (Å²) in [6.07, 6.45) is 0. The van der Waals surface area contributed by atoms with E-state index in [4.69, 9.17) is 21.0 Å². The zero-order valence-corrected chi connectivity index (χ0v) is 10.4. The van der Waals surface area contributed by atoms with Crippen LogP contribution in [0.25, 0.3) is 0 Å². The molecule has 0 unspecified atom stereocenters. The summed E-state index contributed by atoms with van der Waals surface area (Å²) < 4.78 is 0. The van der Waals surface area contributed by atoms with Gasteiger partial charge >= 0.3 is 0 Å². The van der Waals surface area contributed by atoms with Crippen molar-refractivity contribution in [2.75, 3.05) is 0 Å². The van der Waals surface area contributed by atoms with Gasteiger partial charge in [0.1, 0.15) is 24.3 Å². The maximum Gasteiger partial charge on any atom is 0.101 e. The summed E-state index contributed by atoms with van der Waals surface area (Å²) in [5.41, 5.74) is 1.74. The Morgan fingerprint density at radius 2 is 0.650 bits per heavy atom. The second-order valence-electron chi connectivity index (χ2n) is 3.54.